The van der Waals surface area contributed by atoms with Crippen molar-refractivity contribution in [2.45, 2.75) is 51.5 Å². The van der Waals surface area contributed by atoms with Crippen molar-refractivity contribution in [3.05, 3.63) is 59.2 Å². The van der Waals surface area contributed by atoms with Gasteiger partial charge in [0.25, 0.3) is 5.91 Å². The molecule has 0 heterocycles. The highest BCUT2D eigenvalue weighted by molar-refractivity contribution is 7.89. The number of para-hydroxylation sites is 1. The summed E-state index contributed by atoms with van der Waals surface area (Å²) in [5.41, 5.74) is 3.29. The molecule has 2 rings (SSSR count). The molecule has 2 aromatic carbocycles. The van der Waals surface area contributed by atoms with Gasteiger partial charge >= 0.3 is 0 Å². The standard InChI is InChI=1S/C20H26N2O3S/c1-5-15(4)22-26(24,25)18-12-10-17(11-13-18)20(23)21-19-14(3)8-7-9-16(19)6-2/h7-13,15,22H,5-6H2,1-4H3,(H,21,23). The molecule has 1 atom stereocenters. The van der Waals surface area contributed by atoms with Gasteiger partial charge in [0.1, 0.15) is 0 Å². The van der Waals surface area contributed by atoms with E-state index < -0.39 is 10.0 Å². The largest absolute Gasteiger partial charge is 0.321 e. The molecule has 2 N–H and O–H groups in total. The van der Waals surface area contributed by atoms with Gasteiger partial charge in [0.2, 0.25) is 10.0 Å². The highest BCUT2D eigenvalue weighted by Crippen LogP contribution is 2.22. The third kappa shape index (κ3) is 4.71. The minimum Gasteiger partial charge on any atom is -0.321 e. The van der Waals surface area contributed by atoms with Crippen LogP contribution in [0.5, 0.6) is 0 Å². The lowest BCUT2D eigenvalue weighted by atomic mass is 10.1. The van der Waals surface area contributed by atoms with Crippen molar-refractivity contribution in [3.8, 4) is 0 Å². The molecule has 0 aliphatic rings. The average molecular weight is 375 g/mol. The van der Waals surface area contributed by atoms with Crippen molar-refractivity contribution < 1.29 is 13.2 Å². The van der Waals surface area contributed by atoms with E-state index in [-0.39, 0.29) is 16.8 Å². The summed E-state index contributed by atoms with van der Waals surface area (Å²) in [4.78, 5) is 12.7. The van der Waals surface area contributed by atoms with Crippen LogP contribution in [-0.4, -0.2) is 20.4 Å². The Balaban J connectivity index is 2.20. The minimum absolute atomic E-state index is 0.142. The Kier molecular flexibility index (Phi) is 6.56. The second-order valence-electron chi connectivity index (χ2n) is 6.37. The summed E-state index contributed by atoms with van der Waals surface area (Å²) < 4.78 is 27.2. The zero-order valence-corrected chi connectivity index (χ0v) is 16.5. The average Bonchev–Trinajstić information content (AvgIpc) is 2.62. The number of amides is 1. The molecule has 0 bridgehead atoms. The molecule has 1 amide bonds. The topological polar surface area (TPSA) is 75.3 Å². The first-order chi connectivity index (χ1) is 12.3. The maximum atomic E-state index is 12.5. The zero-order valence-electron chi connectivity index (χ0n) is 15.7. The molecule has 0 aromatic heterocycles. The molecule has 0 aliphatic carbocycles. The van der Waals surface area contributed by atoms with Gasteiger partial charge in [-0.05, 0) is 62.1 Å². The van der Waals surface area contributed by atoms with Crippen LogP contribution in [-0.2, 0) is 16.4 Å². The first kappa shape index (κ1) is 20.1. The van der Waals surface area contributed by atoms with Crippen LogP contribution in [0.15, 0.2) is 47.4 Å². The molecule has 26 heavy (non-hydrogen) atoms. The predicted molar refractivity (Wildman–Crippen MR) is 105 cm³/mol. The quantitative estimate of drug-likeness (QED) is 0.772. The van der Waals surface area contributed by atoms with Crippen LogP contribution in [0.25, 0.3) is 0 Å². The maximum absolute atomic E-state index is 12.5. The number of rotatable bonds is 7. The first-order valence-corrected chi connectivity index (χ1v) is 10.3. The maximum Gasteiger partial charge on any atom is 0.255 e. The normalized spacial score (nSPS) is 12.6. The van der Waals surface area contributed by atoms with E-state index in [0.717, 1.165) is 23.2 Å². The summed E-state index contributed by atoms with van der Waals surface area (Å²) in [6.45, 7) is 7.71. The summed E-state index contributed by atoms with van der Waals surface area (Å²) in [7, 11) is -3.57. The van der Waals surface area contributed by atoms with E-state index >= 15 is 0 Å². The Hall–Kier alpha value is -2.18. The van der Waals surface area contributed by atoms with Gasteiger partial charge in [0.05, 0.1) is 4.90 Å². The van der Waals surface area contributed by atoms with Crippen LogP contribution in [0.4, 0.5) is 5.69 Å². The van der Waals surface area contributed by atoms with Crippen molar-refractivity contribution in [1.29, 1.82) is 0 Å². The summed E-state index contributed by atoms with van der Waals surface area (Å²) in [6.07, 6.45) is 1.52. The molecular weight excluding hydrogens is 348 g/mol. The number of aryl methyl sites for hydroxylation is 2. The van der Waals surface area contributed by atoms with Crippen molar-refractivity contribution in [2.24, 2.45) is 0 Å². The molecule has 0 aliphatic heterocycles. The molecule has 140 valence electrons. The Morgan fingerprint density at radius 2 is 1.73 bits per heavy atom. The van der Waals surface area contributed by atoms with Crippen LogP contribution >= 0.6 is 0 Å². The molecule has 0 spiro atoms. The minimum atomic E-state index is -3.57. The highest BCUT2D eigenvalue weighted by atomic mass is 32.2. The van der Waals surface area contributed by atoms with Gasteiger partial charge in [0.15, 0.2) is 0 Å². The molecule has 0 saturated heterocycles. The third-order valence-corrected chi connectivity index (χ3v) is 5.98. The van der Waals surface area contributed by atoms with E-state index in [1.54, 1.807) is 0 Å². The SMILES string of the molecule is CCc1cccc(C)c1NC(=O)c1ccc(S(=O)(=O)NC(C)CC)cc1. The van der Waals surface area contributed by atoms with Gasteiger partial charge < -0.3 is 5.32 Å². The van der Waals surface area contributed by atoms with Crippen LogP contribution in [0.2, 0.25) is 0 Å². The summed E-state index contributed by atoms with van der Waals surface area (Å²) in [6, 6.07) is 11.7. The van der Waals surface area contributed by atoms with Gasteiger partial charge in [-0.1, -0.05) is 32.0 Å². The number of hydrogen-bond donors (Lipinski definition) is 2. The molecular formula is C20H26N2O3S. The molecule has 2 aromatic rings. The van der Waals surface area contributed by atoms with E-state index in [2.05, 4.69) is 10.0 Å². The lowest BCUT2D eigenvalue weighted by Gasteiger charge is -2.14. The number of benzene rings is 2. The second-order valence-corrected chi connectivity index (χ2v) is 8.09. The van der Waals surface area contributed by atoms with E-state index in [1.165, 1.54) is 24.3 Å². The fraction of sp³-hybridized carbons (Fsp3) is 0.350. The van der Waals surface area contributed by atoms with Gasteiger partial charge in [0, 0.05) is 17.3 Å². The first-order valence-electron chi connectivity index (χ1n) is 8.80. The summed E-state index contributed by atoms with van der Waals surface area (Å²) in [5.74, 6) is -0.257. The van der Waals surface area contributed by atoms with E-state index in [1.807, 2.05) is 45.9 Å². The Morgan fingerprint density at radius 3 is 2.31 bits per heavy atom. The third-order valence-electron chi connectivity index (χ3n) is 4.37. The van der Waals surface area contributed by atoms with Crippen LogP contribution in [0.1, 0.15) is 48.7 Å². The van der Waals surface area contributed by atoms with E-state index in [9.17, 15) is 13.2 Å². The lowest BCUT2D eigenvalue weighted by molar-refractivity contribution is 0.102. The number of nitrogens with one attached hydrogen (secondary N) is 2. The van der Waals surface area contributed by atoms with Crippen molar-refractivity contribution in [2.75, 3.05) is 5.32 Å². The Bertz CT molecular complexity index is 874. The Morgan fingerprint density at radius 1 is 1.08 bits per heavy atom. The predicted octanol–water partition coefficient (Wildman–Crippen LogP) is 3.89. The number of carbonyl (C=O) groups is 1. The number of sulfonamides is 1. The van der Waals surface area contributed by atoms with Crippen LogP contribution in [0.3, 0.4) is 0 Å². The van der Waals surface area contributed by atoms with Crippen molar-refractivity contribution >= 4 is 21.6 Å². The number of carbonyl (C=O) groups excluding carboxylic acids is 1. The Labute approximate surface area is 155 Å². The van der Waals surface area contributed by atoms with Crippen molar-refractivity contribution in [1.82, 2.24) is 4.72 Å². The number of anilines is 1. The zero-order chi connectivity index (χ0) is 19.3. The monoisotopic (exact) mass is 374 g/mol. The molecule has 0 radical (unpaired) electrons. The van der Waals surface area contributed by atoms with E-state index in [0.29, 0.717) is 12.0 Å². The summed E-state index contributed by atoms with van der Waals surface area (Å²) >= 11 is 0. The second kappa shape index (κ2) is 8.47. The highest BCUT2D eigenvalue weighted by Gasteiger charge is 2.17. The fourth-order valence-electron chi connectivity index (χ4n) is 2.59. The molecule has 0 saturated carbocycles. The smallest absolute Gasteiger partial charge is 0.255 e. The summed E-state index contributed by atoms with van der Waals surface area (Å²) in [5, 5.41) is 2.94. The number of hydrogen-bond acceptors (Lipinski definition) is 3. The molecule has 1 unspecified atom stereocenters. The van der Waals surface area contributed by atoms with E-state index in [4.69, 9.17) is 0 Å². The van der Waals surface area contributed by atoms with Gasteiger partial charge in [-0.2, -0.15) is 0 Å². The molecule has 5 nitrogen and oxygen atoms in total. The molecule has 0 fully saturated rings. The van der Waals surface area contributed by atoms with Gasteiger partial charge in [-0.15, -0.1) is 0 Å². The van der Waals surface area contributed by atoms with Gasteiger partial charge in [-0.25, -0.2) is 13.1 Å². The van der Waals surface area contributed by atoms with Gasteiger partial charge in [-0.3, -0.25) is 4.79 Å². The molecule has 6 heteroatoms. The van der Waals surface area contributed by atoms with Crippen LogP contribution in [0, 0.1) is 6.92 Å². The fourth-order valence-corrected chi connectivity index (χ4v) is 3.92. The van der Waals surface area contributed by atoms with Crippen molar-refractivity contribution in [3.63, 3.8) is 0 Å². The van der Waals surface area contributed by atoms with Crippen LogP contribution < -0.4 is 10.0 Å². The lowest BCUT2D eigenvalue weighted by Crippen LogP contribution is -2.32.